The molecule has 7 nitrogen and oxygen atoms in total. The number of rotatable bonds is 6. The highest BCUT2D eigenvalue weighted by molar-refractivity contribution is 9.10. The summed E-state index contributed by atoms with van der Waals surface area (Å²) in [5.41, 5.74) is 1.11. The molecule has 144 valence electrons. The maximum atomic E-state index is 12.9. The van der Waals surface area contributed by atoms with E-state index >= 15 is 0 Å². The van der Waals surface area contributed by atoms with Crippen LogP contribution in [0.25, 0.3) is 10.9 Å². The van der Waals surface area contributed by atoms with Crippen molar-refractivity contribution >= 4 is 39.0 Å². The standard InChI is InChI=1S/C20H18BrN3O4/c1-3-18-23-17-8-7-14(21)10-16(17)20(26)24(18)22-11-13-5-4-6-15(9-13)28-12-19(25)27-2/h4-11H,3,12H2,1-2H3. The fraction of sp³-hybridized carbons (Fsp3) is 0.200. The molecule has 2 aromatic carbocycles. The molecular weight excluding hydrogens is 426 g/mol. The van der Waals surface area contributed by atoms with E-state index in [1.807, 2.05) is 19.1 Å². The Bertz CT molecular complexity index is 1110. The van der Waals surface area contributed by atoms with Gasteiger partial charge in [0.2, 0.25) is 0 Å². The van der Waals surface area contributed by atoms with Crippen LogP contribution >= 0.6 is 15.9 Å². The van der Waals surface area contributed by atoms with Gasteiger partial charge < -0.3 is 9.47 Å². The van der Waals surface area contributed by atoms with Gasteiger partial charge in [0.15, 0.2) is 6.61 Å². The number of benzene rings is 2. The Morgan fingerprint density at radius 1 is 1.29 bits per heavy atom. The molecule has 1 aromatic heterocycles. The van der Waals surface area contributed by atoms with E-state index in [1.54, 1.807) is 36.5 Å². The Labute approximate surface area is 169 Å². The predicted molar refractivity (Wildman–Crippen MR) is 110 cm³/mol. The van der Waals surface area contributed by atoms with Crippen LogP contribution in [0, 0.1) is 0 Å². The molecule has 0 amide bonds. The second-order valence-electron chi connectivity index (χ2n) is 5.84. The molecule has 0 atom stereocenters. The van der Waals surface area contributed by atoms with Crippen LogP contribution < -0.4 is 10.3 Å². The summed E-state index contributed by atoms with van der Waals surface area (Å²) in [5.74, 6) is 0.596. The molecule has 0 radical (unpaired) electrons. The Morgan fingerprint density at radius 3 is 2.86 bits per heavy atom. The van der Waals surface area contributed by atoms with Crippen molar-refractivity contribution in [2.75, 3.05) is 13.7 Å². The first-order chi connectivity index (χ1) is 13.5. The van der Waals surface area contributed by atoms with Gasteiger partial charge in [-0.25, -0.2) is 9.78 Å². The summed E-state index contributed by atoms with van der Waals surface area (Å²) in [6.07, 6.45) is 2.11. The number of hydrogen-bond donors (Lipinski definition) is 0. The number of methoxy groups -OCH3 is 1. The zero-order chi connectivity index (χ0) is 20.1. The third-order valence-corrected chi connectivity index (χ3v) is 4.45. The number of aryl methyl sites for hydroxylation is 1. The summed E-state index contributed by atoms with van der Waals surface area (Å²) in [6.45, 7) is 1.74. The highest BCUT2D eigenvalue weighted by Gasteiger charge is 2.09. The third kappa shape index (κ3) is 4.45. The van der Waals surface area contributed by atoms with Crippen LogP contribution in [0.15, 0.2) is 56.8 Å². The van der Waals surface area contributed by atoms with Gasteiger partial charge in [-0.15, -0.1) is 0 Å². The van der Waals surface area contributed by atoms with Gasteiger partial charge in [-0.3, -0.25) is 4.79 Å². The van der Waals surface area contributed by atoms with E-state index in [1.165, 1.54) is 11.8 Å². The molecule has 0 spiro atoms. The van der Waals surface area contributed by atoms with Crippen molar-refractivity contribution in [3.8, 4) is 5.75 Å². The van der Waals surface area contributed by atoms with Crippen LogP contribution in [0.2, 0.25) is 0 Å². The minimum atomic E-state index is -0.466. The van der Waals surface area contributed by atoms with Gasteiger partial charge >= 0.3 is 5.97 Å². The van der Waals surface area contributed by atoms with Crippen molar-refractivity contribution in [3.05, 3.63) is 68.7 Å². The van der Waals surface area contributed by atoms with E-state index in [9.17, 15) is 9.59 Å². The maximum absolute atomic E-state index is 12.9. The normalized spacial score (nSPS) is 11.1. The second kappa shape index (κ2) is 8.79. The van der Waals surface area contributed by atoms with Gasteiger partial charge in [0.05, 0.1) is 24.2 Å². The summed E-state index contributed by atoms with van der Waals surface area (Å²) < 4.78 is 12.0. The summed E-state index contributed by atoms with van der Waals surface area (Å²) in [5, 5.41) is 4.82. The zero-order valence-electron chi connectivity index (χ0n) is 15.4. The molecule has 0 bridgehead atoms. The van der Waals surface area contributed by atoms with Crippen molar-refractivity contribution in [1.82, 2.24) is 9.66 Å². The average Bonchev–Trinajstić information content (AvgIpc) is 2.71. The number of carbonyl (C=O) groups excluding carboxylic acids is 1. The van der Waals surface area contributed by atoms with E-state index in [0.717, 1.165) is 4.47 Å². The molecule has 0 N–H and O–H groups in total. The highest BCUT2D eigenvalue weighted by Crippen LogP contribution is 2.16. The van der Waals surface area contributed by atoms with E-state index in [-0.39, 0.29) is 12.2 Å². The molecule has 3 rings (SSSR count). The van der Waals surface area contributed by atoms with E-state index < -0.39 is 5.97 Å². The molecule has 0 aliphatic rings. The van der Waals surface area contributed by atoms with Gasteiger partial charge in [-0.1, -0.05) is 35.0 Å². The number of nitrogens with zero attached hydrogens (tertiary/aromatic N) is 3. The fourth-order valence-electron chi connectivity index (χ4n) is 2.55. The Balaban J connectivity index is 1.94. The summed E-state index contributed by atoms with van der Waals surface area (Å²) in [4.78, 5) is 28.6. The molecule has 0 aliphatic carbocycles. The number of halogens is 1. The van der Waals surface area contributed by atoms with Gasteiger partial charge in [0.1, 0.15) is 11.6 Å². The molecule has 0 aliphatic heterocycles. The summed E-state index contributed by atoms with van der Waals surface area (Å²) in [7, 11) is 1.30. The number of esters is 1. The molecule has 0 saturated heterocycles. The van der Waals surface area contributed by atoms with Gasteiger partial charge in [0, 0.05) is 10.9 Å². The zero-order valence-corrected chi connectivity index (χ0v) is 17.0. The number of carbonyl (C=O) groups is 1. The average molecular weight is 444 g/mol. The Kier molecular flexibility index (Phi) is 6.20. The maximum Gasteiger partial charge on any atom is 0.343 e. The first kappa shape index (κ1) is 19.8. The minimum absolute atomic E-state index is 0.181. The van der Waals surface area contributed by atoms with Crippen LogP contribution in [-0.2, 0) is 16.0 Å². The summed E-state index contributed by atoms with van der Waals surface area (Å²) in [6, 6.07) is 12.4. The van der Waals surface area contributed by atoms with Gasteiger partial charge in [-0.05, 0) is 35.9 Å². The SMILES string of the molecule is CCc1nc2ccc(Br)cc2c(=O)n1N=Cc1cccc(OCC(=O)OC)c1. The molecule has 1 heterocycles. The first-order valence-corrected chi connectivity index (χ1v) is 9.36. The fourth-order valence-corrected chi connectivity index (χ4v) is 2.91. The molecule has 0 saturated carbocycles. The number of hydrogen-bond acceptors (Lipinski definition) is 6. The lowest BCUT2D eigenvalue weighted by atomic mass is 10.2. The minimum Gasteiger partial charge on any atom is -0.482 e. The molecule has 8 heteroatoms. The van der Waals surface area contributed by atoms with Crippen LogP contribution in [0.1, 0.15) is 18.3 Å². The quantitative estimate of drug-likeness (QED) is 0.431. The van der Waals surface area contributed by atoms with Gasteiger partial charge in [0.25, 0.3) is 5.56 Å². The smallest absolute Gasteiger partial charge is 0.343 e. The van der Waals surface area contributed by atoms with Crippen LogP contribution in [0.3, 0.4) is 0 Å². The van der Waals surface area contributed by atoms with Gasteiger partial charge in [-0.2, -0.15) is 9.78 Å². The number of fused-ring (bicyclic) bond motifs is 1. The first-order valence-electron chi connectivity index (χ1n) is 8.57. The topological polar surface area (TPSA) is 82.8 Å². The highest BCUT2D eigenvalue weighted by atomic mass is 79.9. The lowest BCUT2D eigenvalue weighted by Gasteiger charge is -2.08. The van der Waals surface area contributed by atoms with Crippen molar-refractivity contribution in [3.63, 3.8) is 0 Å². The van der Waals surface area contributed by atoms with Crippen molar-refractivity contribution in [2.45, 2.75) is 13.3 Å². The monoisotopic (exact) mass is 443 g/mol. The predicted octanol–water partition coefficient (Wildman–Crippen LogP) is 3.16. The molecule has 3 aromatic rings. The molecule has 0 unspecified atom stereocenters. The van der Waals surface area contributed by atoms with Crippen molar-refractivity contribution < 1.29 is 14.3 Å². The number of aromatic nitrogens is 2. The lowest BCUT2D eigenvalue weighted by Crippen LogP contribution is -2.22. The van der Waals surface area contributed by atoms with Crippen molar-refractivity contribution in [2.24, 2.45) is 5.10 Å². The molecular formula is C20H18BrN3O4. The molecule has 0 fully saturated rings. The second-order valence-corrected chi connectivity index (χ2v) is 6.76. The lowest BCUT2D eigenvalue weighted by molar-refractivity contribution is -0.142. The van der Waals surface area contributed by atoms with Crippen LogP contribution in [0.4, 0.5) is 0 Å². The van der Waals surface area contributed by atoms with E-state index in [4.69, 9.17) is 4.74 Å². The largest absolute Gasteiger partial charge is 0.482 e. The van der Waals surface area contributed by atoms with Crippen molar-refractivity contribution in [1.29, 1.82) is 0 Å². The van der Waals surface area contributed by atoms with Crippen LogP contribution in [0.5, 0.6) is 5.75 Å². The molecule has 28 heavy (non-hydrogen) atoms. The Morgan fingerprint density at radius 2 is 2.11 bits per heavy atom. The third-order valence-electron chi connectivity index (χ3n) is 3.96. The van der Waals surface area contributed by atoms with Crippen LogP contribution in [-0.4, -0.2) is 35.6 Å². The van der Waals surface area contributed by atoms with E-state index in [0.29, 0.717) is 34.5 Å². The summed E-state index contributed by atoms with van der Waals surface area (Å²) >= 11 is 3.38. The number of ether oxygens (including phenoxy) is 2. The van der Waals surface area contributed by atoms with E-state index in [2.05, 4.69) is 30.8 Å². The Hall–Kier alpha value is -3.00.